The highest BCUT2D eigenvalue weighted by molar-refractivity contribution is 7.73. The van der Waals surface area contributed by atoms with Crippen molar-refractivity contribution in [1.29, 1.82) is 0 Å². The molecule has 0 spiro atoms. The lowest BCUT2D eigenvalue weighted by molar-refractivity contribution is -0.161. The molecule has 0 heterocycles. The summed E-state index contributed by atoms with van der Waals surface area (Å²) in [6, 6.07) is 29.9. The van der Waals surface area contributed by atoms with Crippen molar-refractivity contribution in [2.24, 2.45) is 5.92 Å². The van der Waals surface area contributed by atoms with Gasteiger partial charge in [0, 0.05) is 5.66 Å². The minimum Gasteiger partial charge on any atom is -0.465 e. The Morgan fingerprint density at radius 1 is 0.727 bits per heavy atom. The van der Waals surface area contributed by atoms with E-state index in [1.807, 2.05) is 78.9 Å². The molecule has 0 aliphatic heterocycles. The van der Waals surface area contributed by atoms with Crippen molar-refractivity contribution < 1.29 is 19.1 Å². The summed E-state index contributed by atoms with van der Waals surface area (Å²) in [5, 5.41) is 2.14. The van der Waals surface area contributed by atoms with Gasteiger partial charge in [0.25, 0.3) is 0 Å². The Labute approximate surface area is 197 Å². The summed E-state index contributed by atoms with van der Waals surface area (Å²) in [5.41, 5.74) is 0.535. The maximum absolute atomic E-state index is 13.1. The maximum atomic E-state index is 13.1. The standard InChI is InChI=1S/C28H29O4P/c1-3-31-27(29)26(28(30)32-4-2)25(21-20-22-14-8-5-9-15-22)33(23-16-10-6-11-17-23)24-18-12-7-13-19-24/h5-21,25-26H,3-4H2,1-2H3/b21-20+/t25-/m1/s1. The van der Waals surface area contributed by atoms with Crippen LogP contribution in [0.2, 0.25) is 0 Å². The smallest absolute Gasteiger partial charge is 0.321 e. The summed E-state index contributed by atoms with van der Waals surface area (Å²) >= 11 is 0. The third kappa shape index (κ3) is 6.63. The first-order valence-electron chi connectivity index (χ1n) is 11.1. The van der Waals surface area contributed by atoms with Crippen LogP contribution in [0.15, 0.2) is 97.1 Å². The van der Waals surface area contributed by atoms with Gasteiger partial charge in [-0.1, -0.05) is 103 Å². The summed E-state index contributed by atoms with van der Waals surface area (Å²) in [6.07, 6.45) is 3.94. The Balaban J connectivity index is 2.18. The van der Waals surface area contributed by atoms with Crippen molar-refractivity contribution in [2.75, 3.05) is 13.2 Å². The Bertz CT molecular complexity index is 978. The van der Waals surface area contributed by atoms with Crippen molar-refractivity contribution in [2.45, 2.75) is 19.5 Å². The maximum Gasteiger partial charge on any atom is 0.321 e. The second-order valence-electron chi connectivity index (χ2n) is 7.28. The van der Waals surface area contributed by atoms with E-state index in [2.05, 4.69) is 24.3 Å². The lowest BCUT2D eigenvalue weighted by Crippen LogP contribution is -2.39. The fourth-order valence-corrected chi connectivity index (χ4v) is 6.40. The van der Waals surface area contributed by atoms with Gasteiger partial charge in [0.15, 0.2) is 5.92 Å². The van der Waals surface area contributed by atoms with Gasteiger partial charge < -0.3 is 9.47 Å². The molecule has 3 aromatic rings. The molecule has 0 amide bonds. The molecule has 0 N–H and O–H groups in total. The number of ether oxygens (including phenoxy) is 2. The minimum absolute atomic E-state index is 0.193. The SMILES string of the molecule is CCOC(=O)C(C(=O)OCC)[C@@H](/C=C/c1ccccc1)P(c1ccccc1)c1ccccc1. The second-order valence-corrected chi connectivity index (χ2v) is 9.65. The molecule has 4 nitrogen and oxygen atoms in total. The molecular formula is C28H29O4P. The summed E-state index contributed by atoms with van der Waals surface area (Å²) in [7, 11) is -1.12. The van der Waals surface area contributed by atoms with Gasteiger partial charge in [0.05, 0.1) is 13.2 Å². The van der Waals surface area contributed by atoms with E-state index in [0.29, 0.717) is 0 Å². The highest BCUT2D eigenvalue weighted by Gasteiger charge is 2.41. The first-order valence-corrected chi connectivity index (χ1v) is 12.5. The van der Waals surface area contributed by atoms with Gasteiger partial charge in [0.1, 0.15) is 0 Å². The number of esters is 2. The first kappa shape index (κ1) is 24.4. The van der Waals surface area contributed by atoms with Crippen LogP contribution in [-0.4, -0.2) is 30.8 Å². The van der Waals surface area contributed by atoms with Gasteiger partial charge in [-0.25, -0.2) is 0 Å². The van der Waals surface area contributed by atoms with Crippen LogP contribution >= 0.6 is 7.92 Å². The largest absolute Gasteiger partial charge is 0.465 e. The van der Waals surface area contributed by atoms with Gasteiger partial charge in [-0.2, -0.15) is 0 Å². The van der Waals surface area contributed by atoms with Crippen LogP contribution in [0.25, 0.3) is 6.08 Å². The molecule has 0 unspecified atom stereocenters. The van der Waals surface area contributed by atoms with Crippen molar-refractivity contribution >= 4 is 36.5 Å². The van der Waals surface area contributed by atoms with Crippen LogP contribution in [0, 0.1) is 5.92 Å². The van der Waals surface area contributed by atoms with E-state index < -0.39 is 31.4 Å². The van der Waals surface area contributed by atoms with Gasteiger partial charge in [-0.05, 0) is 37.9 Å². The number of hydrogen-bond donors (Lipinski definition) is 0. The molecule has 0 bridgehead atoms. The van der Waals surface area contributed by atoms with E-state index in [4.69, 9.17) is 9.47 Å². The highest BCUT2D eigenvalue weighted by Crippen LogP contribution is 2.45. The van der Waals surface area contributed by atoms with Crippen LogP contribution in [0.5, 0.6) is 0 Å². The summed E-state index contributed by atoms with van der Waals surface area (Å²) < 4.78 is 10.7. The molecular weight excluding hydrogens is 431 g/mol. The number of carbonyl (C=O) groups is 2. The molecule has 0 radical (unpaired) electrons. The lowest BCUT2D eigenvalue weighted by Gasteiger charge is -2.30. The second kappa shape index (κ2) is 12.7. The van der Waals surface area contributed by atoms with Crippen molar-refractivity contribution in [3.63, 3.8) is 0 Å². The summed E-state index contributed by atoms with van der Waals surface area (Å²) in [6.45, 7) is 3.87. The third-order valence-corrected chi connectivity index (χ3v) is 7.85. The Morgan fingerprint density at radius 3 is 1.58 bits per heavy atom. The normalized spacial score (nSPS) is 12.1. The quantitative estimate of drug-likeness (QED) is 0.244. The molecule has 3 rings (SSSR count). The lowest BCUT2D eigenvalue weighted by atomic mass is 10.0. The molecule has 0 aliphatic rings. The number of benzene rings is 3. The number of rotatable bonds is 10. The fraction of sp³-hybridized carbons (Fsp3) is 0.214. The topological polar surface area (TPSA) is 52.6 Å². The summed E-state index contributed by atoms with van der Waals surface area (Å²) in [5.74, 6) is -2.19. The van der Waals surface area contributed by atoms with Crippen molar-refractivity contribution in [3.05, 3.63) is 103 Å². The monoisotopic (exact) mass is 460 g/mol. The third-order valence-electron chi connectivity index (χ3n) is 5.07. The van der Waals surface area contributed by atoms with E-state index in [1.165, 1.54) is 0 Å². The number of carbonyl (C=O) groups excluding carboxylic acids is 2. The molecule has 0 aliphatic carbocycles. The average molecular weight is 461 g/mol. The summed E-state index contributed by atoms with van der Waals surface area (Å²) in [4.78, 5) is 26.3. The zero-order chi connectivity index (χ0) is 23.5. The molecule has 170 valence electrons. The molecule has 5 heteroatoms. The van der Waals surface area contributed by atoms with Gasteiger partial charge in [-0.15, -0.1) is 0 Å². The van der Waals surface area contributed by atoms with Crippen molar-refractivity contribution in [3.8, 4) is 0 Å². The van der Waals surface area contributed by atoms with E-state index in [9.17, 15) is 9.59 Å². The number of hydrogen-bond acceptors (Lipinski definition) is 4. The molecule has 33 heavy (non-hydrogen) atoms. The average Bonchev–Trinajstić information content (AvgIpc) is 2.85. The van der Waals surface area contributed by atoms with E-state index >= 15 is 0 Å². The van der Waals surface area contributed by atoms with Crippen LogP contribution in [0.1, 0.15) is 19.4 Å². The fourth-order valence-electron chi connectivity index (χ4n) is 3.63. The molecule has 1 atom stereocenters. The first-order chi connectivity index (χ1) is 16.2. The van der Waals surface area contributed by atoms with Gasteiger partial charge >= 0.3 is 11.9 Å². The van der Waals surface area contributed by atoms with Crippen LogP contribution < -0.4 is 10.6 Å². The minimum atomic E-state index is -1.12. The predicted octanol–water partition coefficient (Wildman–Crippen LogP) is 4.94. The predicted molar refractivity (Wildman–Crippen MR) is 135 cm³/mol. The van der Waals surface area contributed by atoms with Crippen LogP contribution in [0.4, 0.5) is 0 Å². The zero-order valence-electron chi connectivity index (χ0n) is 19.0. The molecule has 0 saturated heterocycles. The van der Waals surface area contributed by atoms with Gasteiger partial charge in [-0.3, -0.25) is 9.59 Å². The Kier molecular flexibility index (Phi) is 9.41. The van der Waals surface area contributed by atoms with E-state index in [1.54, 1.807) is 13.8 Å². The Morgan fingerprint density at radius 2 is 1.15 bits per heavy atom. The van der Waals surface area contributed by atoms with Crippen LogP contribution in [-0.2, 0) is 19.1 Å². The van der Waals surface area contributed by atoms with E-state index in [0.717, 1.165) is 16.2 Å². The zero-order valence-corrected chi connectivity index (χ0v) is 19.9. The van der Waals surface area contributed by atoms with Gasteiger partial charge in [0.2, 0.25) is 0 Å². The highest BCUT2D eigenvalue weighted by atomic mass is 31.1. The van der Waals surface area contributed by atoms with Crippen molar-refractivity contribution in [1.82, 2.24) is 0 Å². The molecule has 0 saturated carbocycles. The molecule has 0 fully saturated rings. The van der Waals surface area contributed by atoms with E-state index in [-0.39, 0.29) is 13.2 Å². The number of allylic oxidation sites excluding steroid dienone is 1. The van der Waals surface area contributed by atoms with Crippen LogP contribution in [0.3, 0.4) is 0 Å². The Hall–Kier alpha value is -3.23. The molecule has 0 aromatic heterocycles. The molecule has 3 aromatic carbocycles.